The number of aryl methyl sites for hydroxylation is 1. The van der Waals surface area contributed by atoms with Crippen molar-refractivity contribution < 1.29 is 0 Å². The molecule has 1 aromatic heterocycles. The van der Waals surface area contributed by atoms with E-state index in [0.29, 0.717) is 6.04 Å². The van der Waals surface area contributed by atoms with Crippen molar-refractivity contribution in [1.82, 2.24) is 10.3 Å². The fraction of sp³-hybridized carbons (Fsp3) is 0.667. The molecule has 17 heavy (non-hydrogen) atoms. The lowest BCUT2D eigenvalue weighted by molar-refractivity contribution is 0.259. The molecule has 1 atom stereocenters. The lowest BCUT2D eigenvalue weighted by atomic mass is 9.80. The van der Waals surface area contributed by atoms with E-state index in [4.69, 9.17) is 0 Å². The molecular formula is C15H24N2. The van der Waals surface area contributed by atoms with Crippen LogP contribution in [0, 0.1) is 12.8 Å². The minimum Gasteiger partial charge on any atom is -0.309 e. The second-order valence-electron chi connectivity index (χ2n) is 5.30. The van der Waals surface area contributed by atoms with E-state index in [0.717, 1.165) is 12.5 Å². The monoisotopic (exact) mass is 232 g/mol. The highest BCUT2D eigenvalue weighted by atomic mass is 14.9. The molecule has 0 bridgehead atoms. The Morgan fingerprint density at radius 3 is 2.88 bits per heavy atom. The van der Waals surface area contributed by atoms with Crippen LogP contribution >= 0.6 is 0 Å². The van der Waals surface area contributed by atoms with E-state index in [1.165, 1.54) is 43.4 Å². The summed E-state index contributed by atoms with van der Waals surface area (Å²) in [5.41, 5.74) is 2.54. The molecule has 1 unspecified atom stereocenters. The van der Waals surface area contributed by atoms with Gasteiger partial charge in [-0.05, 0) is 49.9 Å². The third-order valence-corrected chi connectivity index (χ3v) is 3.73. The van der Waals surface area contributed by atoms with Crippen LogP contribution in [0.5, 0.6) is 0 Å². The second-order valence-corrected chi connectivity index (χ2v) is 5.30. The predicted octanol–water partition coefficient (Wildman–Crippen LogP) is 3.62. The van der Waals surface area contributed by atoms with Gasteiger partial charge in [-0.15, -0.1) is 0 Å². The van der Waals surface area contributed by atoms with E-state index < -0.39 is 0 Å². The van der Waals surface area contributed by atoms with Gasteiger partial charge in [-0.2, -0.15) is 0 Å². The van der Waals surface area contributed by atoms with Crippen LogP contribution in [0.25, 0.3) is 0 Å². The number of rotatable bonds is 6. The lowest BCUT2D eigenvalue weighted by Crippen LogP contribution is -2.27. The zero-order valence-electron chi connectivity index (χ0n) is 11.1. The predicted molar refractivity (Wildman–Crippen MR) is 72.0 cm³/mol. The fourth-order valence-electron chi connectivity index (χ4n) is 2.44. The zero-order chi connectivity index (χ0) is 12.1. The van der Waals surface area contributed by atoms with Crippen molar-refractivity contribution in [2.45, 2.75) is 52.0 Å². The fourth-order valence-corrected chi connectivity index (χ4v) is 2.44. The Balaban J connectivity index is 2.02. The van der Waals surface area contributed by atoms with Crippen molar-refractivity contribution in [3.8, 4) is 0 Å². The van der Waals surface area contributed by atoms with Gasteiger partial charge >= 0.3 is 0 Å². The molecular weight excluding hydrogens is 208 g/mol. The van der Waals surface area contributed by atoms with Crippen LogP contribution < -0.4 is 5.32 Å². The normalized spacial score (nSPS) is 17.8. The highest BCUT2D eigenvalue weighted by Gasteiger charge is 2.23. The van der Waals surface area contributed by atoms with Crippen LogP contribution in [0.2, 0.25) is 0 Å². The third-order valence-electron chi connectivity index (χ3n) is 3.73. The summed E-state index contributed by atoms with van der Waals surface area (Å²) in [6, 6.07) is 4.76. The van der Waals surface area contributed by atoms with Crippen molar-refractivity contribution in [2.24, 2.45) is 5.92 Å². The van der Waals surface area contributed by atoms with E-state index in [-0.39, 0.29) is 0 Å². The molecule has 2 nitrogen and oxygen atoms in total. The number of hydrogen-bond acceptors (Lipinski definition) is 2. The number of nitrogens with one attached hydrogen (secondary N) is 1. The quantitative estimate of drug-likeness (QED) is 0.810. The van der Waals surface area contributed by atoms with E-state index in [1.807, 2.05) is 6.20 Å². The number of nitrogens with zero attached hydrogens (tertiary/aromatic N) is 1. The molecule has 1 N–H and O–H groups in total. The molecule has 2 rings (SSSR count). The van der Waals surface area contributed by atoms with Crippen LogP contribution in [0.3, 0.4) is 0 Å². The Kier molecular flexibility index (Phi) is 4.55. The van der Waals surface area contributed by atoms with E-state index >= 15 is 0 Å². The average molecular weight is 232 g/mol. The molecule has 0 spiro atoms. The van der Waals surface area contributed by atoms with Gasteiger partial charge in [-0.1, -0.05) is 26.2 Å². The molecule has 1 heterocycles. The Labute approximate surface area is 105 Å². The van der Waals surface area contributed by atoms with Crippen molar-refractivity contribution in [3.63, 3.8) is 0 Å². The van der Waals surface area contributed by atoms with Gasteiger partial charge in [0.05, 0.1) is 5.69 Å². The smallest absolute Gasteiger partial charge is 0.0575 e. The third kappa shape index (κ3) is 3.53. The summed E-state index contributed by atoms with van der Waals surface area (Å²) in [4.78, 5) is 4.54. The maximum Gasteiger partial charge on any atom is 0.0575 e. The summed E-state index contributed by atoms with van der Waals surface area (Å²) < 4.78 is 0. The van der Waals surface area contributed by atoms with Gasteiger partial charge in [0.2, 0.25) is 0 Å². The maximum absolute atomic E-state index is 4.54. The Morgan fingerprint density at radius 1 is 1.47 bits per heavy atom. The molecule has 0 aromatic carbocycles. The summed E-state index contributed by atoms with van der Waals surface area (Å²) in [7, 11) is 0. The van der Waals surface area contributed by atoms with E-state index in [1.54, 1.807) is 0 Å². The highest BCUT2D eigenvalue weighted by molar-refractivity contribution is 5.17. The molecule has 2 heteroatoms. The Bertz CT molecular complexity index is 345. The summed E-state index contributed by atoms with van der Waals surface area (Å²) in [5, 5.41) is 3.65. The van der Waals surface area contributed by atoms with Gasteiger partial charge in [-0.3, -0.25) is 4.98 Å². The molecule has 1 fully saturated rings. The number of pyridine rings is 1. The van der Waals surface area contributed by atoms with Crippen LogP contribution in [0.15, 0.2) is 18.3 Å². The largest absolute Gasteiger partial charge is 0.309 e. The first-order valence-corrected chi connectivity index (χ1v) is 6.95. The van der Waals surface area contributed by atoms with Crippen LogP contribution in [-0.4, -0.2) is 11.5 Å². The van der Waals surface area contributed by atoms with Gasteiger partial charge in [0.1, 0.15) is 0 Å². The molecule has 1 aliphatic rings. The Morgan fingerprint density at radius 2 is 2.29 bits per heavy atom. The summed E-state index contributed by atoms with van der Waals surface area (Å²) in [6.07, 6.45) is 8.63. The van der Waals surface area contributed by atoms with Gasteiger partial charge < -0.3 is 5.32 Å². The van der Waals surface area contributed by atoms with Crippen LogP contribution in [-0.2, 0) is 0 Å². The first-order valence-electron chi connectivity index (χ1n) is 6.95. The topological polar surface area (TPSA) is 24.9 Å². The molecule has 1 aliphatic carbocycles. The molecule has 1 aromatic rings. The van der Waals surface area contributed by atoms with Crippen LogP contribution in [0.1, 0.15) is 56.3 Å². The minimum absolute atomic E-state index is 0.458. The van der Waals surface area contributed by atoms with Gasteiger partial charge in [0.15, 0.2) is 0 Å². The highest BCUT2D eigenvalue weighted by Crippen LogP contribution is 2.34. The van der Waals surface area contributed by atoms with Crippen molar-refractivity contribution in [1.29, 1.82) is 0 Å². The first kappa shape index (κ1) is 12.6. The maximum atomic E-state index is 4.54. The van der Waals surface area contributed by atoms with Gasteiger partial charge in [-0.25, -0.2) is 0 Å². The molecule has 0 amide bonds. The summed E-state index contributed by atoms with van der Waals surface area (Å²) in [5.74, 6) is 0.923. The average Bonchev–Trinajstić information content (AvgIpc) is 2.27. The molecule has 0 radical (unpaired) electrons. The SMILES string of the molecule is CCCNC(CC1CCC1)c1cc(C)ccn1. The van der Waals surface area contributed by atoms with E-state index in [9.17, 15) is 0 Å². The first-order chi connectivity index (χ1) is 8.29. The van der Waals surface area contributed by atoms with Gasteiger partial charge in [0, 0.05) is 12.2 Å². The standard InChI is InChI=1S/C15H24N2/c1-3-8-16-15(11-13-5-4-6-13)14-10-12(2)7-9-17-14/h7,9-10,13,15-16H,3-6,8,11H2,1-2H3. The summed E-state index contributed by atoms with van der Waals surface area (Å²) in [6.45, 7) is 5.45. The summed E-state index contributed by atoms with van der Waals surface area (Å²) >= 11 is 0. The van der Waals surface area contributed by atoms with Crippen LogP contribution in [0.4, 0.5) is 0 Å². The van der Waals surface area contributed by atoms with Crippen molar-refractivity contribution in [2.75, 3.05) is 6.54 Å². The minimum atomic E-state index is 0.458. The Hall–Kier alpha value is -0.890. The number of aromatic nitrogens is 1. The van der Waals surface area contributed by atoms with Crippen molar-refractivity contribution in [3.05, 3.63) is 29.6 Å². The second kappa shape index (κ2) is 6.15. The molecule has 1 saturated carbocycles. The molecule has 0 aliphatic heterocycles. The van der Waals surface area contributed by atoms with Gasteiger partial charge in [0.25, 0.3) is 0 Å². The molecule has 0 saturated heterocycles. The van der Waals surface area contributed by atoms with Crippen molar-refractivity contribution >= 4 is 0 Å². The lowest BCUT2D eigenvalue weighted by Gasteiger charge is -2.30. The van der Waals surface area contributed by atoms with E-state index in [2.05, 4.69) is 36.3 Å². The molecule has 94 valence electrons. The number of hydrogen-bond donors (Lipinski definition) is 1. The zero-order valence-corrected chi connectivity index (χ0v) is 11.1.